The van der Waals surface area contributed by atoms with E-state index in [4.69, 9.17) is 23.2 Å². The Kier molecular flexibility index (Phi) is 3.35. The lowest BCUT2D eigenvalue weighted by Gasteiger charge is -2.05. The molecule has 0 fully saturated rings. The number of hydrogen-bond donors (Lipinski definition) is 0. The molecule has 3 heteroatoms. The normalized spacial score (nSPS) is 10.3. The van der Waals surface area contributed by atoms with Crippen LogP contribution in [0.25, 0.3) is 11.1 Å². The third kappa shape index (κ3) is 2.36. The number of rotatable bonds is 1. The van der Waals surface area contributed by atoms with E-state index in [2.05, 4.69) is 15.9 Å². The first-order valence-electron chi connectivity index (χ1n) is 4.38. The topological polar surface area (TPSA) is 0 Å². The summed E-state index contributed by atoms with van der Waals surface area (Å²) in [6.07, 6.45) is 0. The Labute approximate surface area is 107 Å². The summed E-state index contributed by atoms with van der Waals surface area (Å²) < 4.78 is 0.815. The third-order valence-electron chi connectivity index (χ3n) is 2.09. The van der Waals surface area contributed by atoms with E-state index in [9.17, 15) is 0 Å². The average molecular weight is 302 g/mol. The lowest BCUT2D eigenvalue weighted by atomic mass is 10.1. The Morgan fingerprint density at radius 1 is 0.867 bits per heavy atom. The van der Waals surface area contributed by atoms with Gasteiger partial charge >= 0.3 is 0 Å². The Balaban J connectivity index is 2.56. The van der Waals surface area contributed by atoms with E-state index in [1.54, 1.807) is 0 Å². The van der Waals surface area contributed by atoms with Gasteiger partial charge in [-0.3, -0.25) is 0 Å². The summed E-state index contributed by atoms with van der Waals surface area (Å²) in [5.74, 6) is 0. The summed E-state index contributed by atoms with van der Waals surface area (Å²) in [6, 6.07) is 13.9. The lowest BCUT2D eigenvalue weighted by molar-refractivity contribution is 1.59. The van der Waals surface area contributed by atoms with Crippen LogP contribution in [-0.2, 0) is 0 Å². The summed E-state index contributed by atoms with van der Waals surface area (Å²) in [6.45, 7) is 0. The predicted molar refractivity (Wildman–Crippen MR) is 69.6 cm³/mol. The van der Waals surface area contributed by atoms with Gasteiger partial charge in [0.2, 0.25) is 0 Å². The van der Waals surface area contributed by atoms with Crippen molar-refractivity contribution in [2.75, 3.05) is 0 Å². The maximum absolute atomic E-state index is 6.01. The van der Waals surface area contributed by atoms with Crippen LogP contribution >= 0.6 is 39.1 Å². The monoisotopic (exact) mass is 300 g/mol. The summed E-state index contributed by atoms with van der Waals surface area (Å²) >= 11 is 15.3. The lowest BCUT2D eigenvalue weighted by Crippen LogP contribution is -1.79. The Hall–Kier alpha value is -0.500. The smallest absolute Gasteiger partial charge is 0.0734 e. The second kappa shape index (κ2) is 4.56. The zero-order chi connectivity index (χ0) is 10.8. The molecule has 2 aromatic carbocycles. The van der Waals surface area contributed by atoms with Crippen LogP contribution in [0.3, 0.4) is 0 Å². The molecule has 0 saturated heterocycles. The first-order valence-corrected chi connectivity index (χ1v) is 5.93. The summed E-state index contributed by atoms with van der Waals surface area (Å²) in [7, 11) is 0. The van der Waals surface area contributed by atoms with Crippen LogP contribution in [0.5, 0.6) is 0 Å². The van der Waals surface area contributed by atoms with Gasteiger partial charge in [-0.2, -0.15) is 0 Å². The molecule has 15 heavy (non-hydrogen) atoms. The minimum Gasteiger partial charge on any atom is -0.0826 e. The molecule has 2 rings (SSSR count). The number of benzene rings is 2. The van der Waals surface area contributed by atoms with Crippen LogP contribution in [0.15, 0.2) is 46.9 Å². The van der Waals surface area contributed by atoms with E-state index >= 15 is 0 Å². The van der Waals surface area contributed by atoms with Gasteiger partial charge in [-0.15, -0.1) is 0 Å². The van der Waals surface area contributed by atoms with Crippen molar-refractivity contribution in [3.63, 3.8) is 0 Å². The van der Waals surface area contributed by atoms with Gasteiger partial charge in [0, 0.05) is 4.47 Å². The minimum atomic E-state index is 0.552. The largest absolute Gasteiger partial charge is 0.0826 e. The van der Waals surface area contributed by atoms with Gasteiger partial charge in [-0.05, 0) is 39.2 Å². The standard InChI is InChI=1S/C12H7BrCl2/c13-10-6-9(7-11(14)12(10)15)8-4-2-1-3-5-8/h1-7H. The minimum absolute atomic E-state index is 0.552. The van der Waals surface area contributed by atoms with Gasteiger partial charge in [0.15, 0.2) is 0 Å². The van der Waals surface area contributed by atoms with Gasteiger partial charge < -0.3 is 0 Å². The molecule has 0 nitrogen and oxygen atoms in total. The van der Waals surface area contributed by atoms with Crippen molar-refractivity contribution in [3.8, 4) is 11.1 Å². The predicted octanol–water partition coefficient (Wildman–Crippen LogP) is 5.42. The molecular formula is C12H7BrCl2. The molecule has 0 atom stereocenters. The Bertz CT molecular complexity index is 457. The van der Waals surface area contributed by atoms with E-state index in [0.29, 0.717) is 10.0 Å². The fourth-order valence-corrected chi connectivity index (χ4v) is 2.26. The zero-order valence-electron chi connectivity index (χ0n) is 7.68. The van der Waals surface area contributed by atoms with Gasteiger partial charge in [0.05, 0.1) is 10.0 Å². The zero-order valence-corrected chi connectivity index (χ0v) is 10.8. The quantitative estimate of drug-likeness (QED) is 0.617. The molecule has 0 aromatic heterocycles. The Morgan fingerprint density at radius 3 is 2.13 bits per heavy atom. The van der Waals surface area contributed by atoms with Crippen LogP contribution in [-0.4, -0.2) is 0 Å². The van der Waals surface area contributed by atoms with E-state index in [-0.39, 0.29) is 0 Å². The van der Waals surface area contributed by atoms with E-state index in [0.717, 1.165) is 15.6 Å². The van der Waals surface area contributed by atoms with Crippen LogP contribution in [0, 0.1) is 0 Å². The molecule has 2 aromatic rings. The SMILES string of the molecule is Clc1cc(-c2ccccc2)cc(Br)c1Cl. The van der Waals surface area contributed by atoms with Crippen LogP contribution in [0.1, 0.15) is 0 Å². The van der Waals surface area contributed by atoms with Gasteiger partial charge in [-0.1, -0.05) is 53.5 Å². The van der Waals surface area contributed by atoms with Crippen molar-refractivity contribution in [2.45, 2.75) is 0 Å². The van der Waals surface area contributed by atoms with Crippen molar-refractivity contribution >= 4 is 39.1 Å². The van der Waals surface area contributed by atoms with Crippen LogP contribution < -0.4 is 0 Å². The van der Waals surface area contributed by atoms with Crippen molar-refractivity contribution < 1.29 is 0 Å². The highest BCUT2D eigenvalue weighted by Gasteiger charge is 2.06. The van der Waals surface area contributed by atoms with Crippen LogP contribution in [0.4, 0.5) is 0 Å². The molecule has 76 valence electrons. The molecule has 0 N–H and O–H groups in total. The van der Waals surface area contributed by atoms with Crippen molar-refractivity contribution in [1.82, 2.24) is 0 Å². The van der Waals surface area contributed by atoms with Crippen molar-refractivity contribution in [1.29, 1.82) is 0 Å². The molecular weight excluding hydrogens is 295 g/mol. The van der Waals surface area contributed by atoms with E-state index in [1.165, 1.54) is 0 Å². The van der Waals surface area contributed by atoms with E-state index < -0.39 is 0 Å². The van der Waals surface area contributed by atoms with Crippen molar-refractivity contribution in [2.24, 2.45) is 0 Å². The summed E-state index contributed by atoms with van der Waals surface area (Å²) in [4.78, 5) is 0. The van der Waals surface area contributed by atoms with E-state index in [1.807, 2.05) is 42.5 Å². The molecule has 0 amide bonds. The first kappa shape index (κ1) is 11.0. The third-order valence-corrected chi connectivity index (χ3v) is 3.75. The summed E-state index contributed by atoms with van der Waals surface area (Å²) in [5.41, 5.74) is 2.17. The maximum atomic E-state index is 6.01. The number of halogens is 3. The molecule has 0 radical (unpaired) electrons. The average Bonchev–Trinajstić information content (AvgIpc) is 2.26. The van der Waals surface area contributed by atoms with Gasteiger partial charge in [0.1, 0.15) is 0 Å². The molecule has 0 aliphatic rings. The molecule has 0 spiro atoms. The molecule has 0 heterocycles. The highest BCUT2D eigenvalue weighted by Crippen LogP contribution is 2.35. The summed E-state index contributed by atoms with van der Waals surface area (Å²) in [5, 5.41) is 1.11. The van der Waals surface area contributed by atoms with Gasteiger partial charge in [-0.25, -0.2) is 0 Å². The molecule has 0 saturated carbocycles. The molecule has 0 aliphatic heterocycles. The van der Waals surface area contributed by atoms with Crippen molar-refractivity contribution in [3.05, 3.63) is 57.0 Å². The molecule has 0 aliphatic carbocycles. The van der Waals surface area contributed by atoms with Crippen LogP contribution in [0.2, 0.25) is 10.0 Å². The fourth-order valence-electron chi connectivity index (χ4n) is 1.35. The highest BCUT2D eigenvalue weighted by molar-refractivity contribution is 9.10. The first-order chi connectivity index (χ1) is 7.18. The second-order valence-electron chi connectivity index (χ2n) is 3.12. The van der Waals surface area contributed by atoms with Gasteiger partial charge in [0.25, 0.3) is 0 Å². The molecule has 0 unspecified atom stereocenters. The second-order valence-corrected chi connectivity index (χ2v) is 4.76. The Morgan fingerprint density at radius 2 is 1.53 bits per heavy atom. The maximum Gasteiger partial charge on any atom is 0.0734 e. The highest BCUT2D eigenvalue weighted by atomic mass is 79.9. The fraction of sp³-hybridized carbons (Fsp3) is 0. The molecule has 0 bridgehead atoms. The number of hydrogen-bond acceptors (Lipinski definition) is 0.